The molecular weight excluding hydrogens is 398 g/mol. The van der Waals surface area contributed by atoms with Crippen molar-refractivity contribution < 1.29 is 19.1 Å². The molecule has 3 heterocycles. The summed E-state index contributed by atoms with van der Waals surface area (Å²) >= 11 is 0. The lowest BCUT2D eigenvalue weighted by Crippen LogP contribution is -2.50. The topological polar surface area (TPSA) is 104 Å². The van der Waals surface area contributed by atoms with Gasteiger partial charge in [-0.05, 0) is 50.2 Å². The molecule has 2 atom stereocenters. The zero-order chi connectivity index (χ0) is 22.0. The normalized spacial score (nSPS) is 21.6. The minimum Gasteiger partial charge on any atom is -0.372 e. The number of rotatable bonds is 4. The van der Waals surface area contributed by atoms with Gasteiger partial charge in [0.2, 0.25) is 11.8 Å². The maximum atomic E-state index is 12.6. The number of ether oxygens (including phenoxy) is 1. The van der Waals surface area contributed by atoms with Gasteiger partial charge in [-0.15, -0.1) is 0 Å². The van der Waals surface area contributed by atoms with Crippen LogP contribution < -0.4 is 20.7 Å². The van der Waals surface area contributed by atoms with Crippen LogP contribution in [-0.2, 0) is 14.3 Å². The van der Waals surface area contributed by atoms with E-state index in [4.69, 9.17) is 4.74 Å². The minimum absolute atomic E-state index is 0.140. The van der Waals surface area contributed by atoms with Crippen LogP contribution in [0.1, 0.15) is 37.0 Å². The standard InChI is InChI=1S/C22H25N5O4/c1-14-12-26(13-15(2)31-14)19-8-5-17(11-23-19)24-22(30)16-3-6-18(7-4-16)27-21(29)10-9-20(28)25-27/h3-8,11,14-15H,9-10,12-13H2,1-2H3,(H,24,30)(H,25,28). The number of anilines is 3. The molecule has 3 amide bonds. The molecule has 9 heteroatoms. The van der Waals surface area contributed by atoms with Crippen LogP contribution in [0.4, 0.5) is 17.2 Å². The van der Waals surface area contributed by atoms with Crippen molar-refractivity contribution in [2.75, 3.05) is 28.3 Å². The van der Waals surface area contributed by atoms with Gasteiger partial charge in [0.25, 0.3) is 5.91 Å². The number of hydrogen-bond donors (Lipinski definition) is 2. The molecule has 1 aromatic carbocycles. The van der Waals surface area contributed by atoms with Gasteiger partial charge >= 0.3 is 0 Å². The molecule has 2 unspecified atom stereocenters. The van der Waals surface area contributed by atoms with E-state index >= 15 is 0 Å². The molecule has 0 spiro atoms. The van der Waals surface area contributed by atoms with Crippen LogP contribution in [0.3, 0.4) is 0 Å². The van der Waals surface area contributed by atoms with Crippen molar-refractivity contribution in [2.45, 2.75) is 38.9 Å². The fourth-order valence-corrected chi connectivity index (χ4v) is 3.76. The summed E-state index contributed by atoms with van der Waals surface area (Å²) in [4.78, 5) is 42.8. The highest BCUT2D eigenvalue weighted by molar-refractivity contribution is 6.05. The molecule has 0 bridgehead atoms. The average Bonchev–Trinajstić information content (AvgIpc) is 2.75. The third-order valence-electron chi connectivity index (χ3n) is 5.19. The van der Waals surface area contributed by atoms with Gasteiger partial charge in [0.15, 0.2) is 0 Å². The van der Waals surface area contributed by atoms with Gasteiger partial charge in [-0.3, -0.25) is 19.8 Å². The molecule has 1 aromatic heterocycles. The zero-order valence-corrected chi connectivity index (χ0v) is 17.5. The van der Waals surface area contributed by atoms with Crippen molar-refractivity contribution in [3.8, 4) is 0 Å². The highest BCUT2D eigenvalue weighted by Crippen LogP contribution is 2.21. The average molecular weight is 423 g/mol. The van der Waals surface area contributed by atoms with Crippen LogP contribution in [-0.4, -0.2) is 48.0 Å². The molecule has 2 aromatic rings. The Morgan fingerprint density at radius 2 is 1.77 bits per heavy atom. The van der Waals surface area contributed by atoms with E-state index in [1.165, 1.54) is 5.01 Å². The minimum atomic E-state index is -0.288. The Labute approximate surface area is 180 Å². The maximum absolute atomic E-state index is 12.6. The van der Waals surface area contributed by atoms with Crippen LogP contribution in [0, 0.1) is 0 Å². The molecule has 0 radical (unpaired) electrons. The predicted molar refractivity (Wildman–Crippen MR) is 116 cm³/mol. The third-order valence-corrected chi connectivity index (χ3v) is 5.19. The number of pyridine rings is 1. The summed E-state index contributed by atoms with van der Waals surface area (Å²) in [6, 6.07) is 10.2. The number of hydrazine groups is 1. The van der Waals surface area contributed by atoms with E-state index in [1.807, 2.05) is 26.0 Å². The van der Waals surface area contributed by atoms with Gasteiger partial charge in [0.1, 0.15) is 5.82 Å². The summed E-state index contributed by atoms with van der Waals surface area (Å²) in [6.07, 6.45) is 2.27. The van der Waals surface area contributed by atoms with Gasteiger partial charge in [0.05, 0.1) is 29.8 Å². The van der Waals surface area contributed by atoms with E-state index in [9.17, 15) is 14.4 Å². The Balaban J connectivity index is 1.39. The second-order valence-electron chi connectivity index (χ2n) is 7.83. The van der Waals surface area contributed by atoms with Gasteiger partial charge in [0, 0.05) is 31.5 Å². The molecule has 0 aliphatic carbocycles. The predicted octanol–water partition coefficient (Wildman–Crippen LogP) is 2.11. The Morgan fingerprint density at radius 1 is 1.06 bits per heavy atom. The SMILES string of the molecule is CC1CN(c2ccc(NC(=O)c3ccc(N4NC(=O)CCC4=O)cc3)cn2)CC(C)O1. The lowest BCUT2D eigenvalue weighted by atomic mass is 10.1. The summed E-state index contributed by atoms with van der Waals surface area (Å²) in [5, 5.41) is 4.04. The lowest BCUT2D eigenvalue weighted by Gasteiger charge is -2.36. The van der Waals surface area contributed by atoms with Crippen LogP contribution in [0.25, 0.3) is 0 Å². The quantitative estimate of drug-likeness (QED) is 0.781. The summed E-state index contributed by atoms with van der Waals surface area (Å²) in [5.74, 6) is 0.159. The van der Waals surface area contributed by atoms with Crippen molar-refractivity contribution in [3.63, 3.8) is 0 Å². The first-order chi connectivity index (χ1) is 14.9. The van der Waals surface area contributed by atoms with Crippen LogP contribution in [0.5, 0.6) is 0 Å². The van der Waals surface area contributed by atoms with Crippen molar-refractivity contribution in [1.82, 2.24) is 10.4 Å². The fraction of sp³-hybridized carbons (Fsp3) is 0.364. The summed E-state index contributed by atoms with van der Waals surface area (Å²) in [7, 11) is 0. The number of carbonyl (C=O) groups is 3. The van der Waals surface area contributed by atoms with E-state index in [2.05, 4.69) is 20.6 Å². The van der Waals surface area contributed by atoms with Gasteiger partial charge in [-0.2, -0.15) is 0 Å². The Morgan fingerprint density at radius 3 is 2.42 bits per heavy atom. The number of hydrogen-bond acceptors (Lipinski definition) is 6. The number of nitrogens with one attached hydrogen (secondary N) is 2. The monoisotopic (exact) mass is 423 g/mol. The third kappa shape index (κ3) is 4.83. The van der Waals surface area contributed by atoms with Gasteiger partial charge < -0.3 is 15.0 Å². The first-order valence-electron chi connectivity index (χ1n) is 10.3. The number of aromatic nitrogens is 1. The molecule has 2 saturated heterocycles. The van der Waals surface area contributed by atoms with Gasteiger partial charge in [-0.25, -0.2) is 9.99 Å². The maximum Gasteiger partial charge on any atom is 0.255 e. The fourth-order valence-electron chi connectivity index (χ4n) is 3.76. The van der Waals surface area contributed by atoms with E-state index < -0.39 is 0 Å². The highest BCUT2D eigenvalue weighted by Gasteiger charge is 2.25. The van der Waals surface area contributed by atoms with E-state index in [-0.39, 0.29) is 42.8 Å². The zero-order valence-electron chi connectivity index (χ0n) is 17.5. The Bertz CT molecular complexity index is 966. The van der Waals surface area contributed by atoms with Crippen molar-refractivity contribution in [3.05, 3.63) is 48.2 Å². The molecule has 0 saturated carbocycles. The van der Waals surface area contributed by atoms with Crippen molar-refractivity contribution >= 4 is 34.9 Å². The first-order valence-corrected chi connectivity index (χ1v) is 10.3. The Hall–Kier alpha value is -3.46. The molecule has 2 aliphatic rings. The number of amides is 3. The van der Waals surface area contributed by atoms with Gasteiger partial charge in [-0.1, -0.05) is 0 Å². The molecule has 2 fully saturated rings. The molecule has 2 aliphatic heterocycles. The summed E-state index contributed by atoms with van der Waals surface area (Å²) in [5.41, 5.74) is 4.06. The summed E-state index contributed by atoms with van der Waals surface area (Å²) < 4.78 is 5.75. The largest absolute Gasteiger partial charge is 0.372 e. The number of carbonyl (C=O) groups excluding carboxylic acids is 3. The number of nitrogens with zero attached hydrogens (tertiary/aromatic N) is 3. The molecule has 162 valence electrons. The van der Waals surface area contributed by atoms with Crippen LogP contribution in [0.15, 0.2) is 42.6 Å². The lowest BCUT2D eigenvalue weighted by molar-refractivity contribution is -0.130. The molecule has 31 heavy (non-hydrogen) atoms. The summed E-state index contributed by atoms with van der Waals surface area (Å²) in [6.45, 7) is 5.63. The highest BCUT2D eigenvalue weighted by atomic mass is 16.5. The molecular formula is C22H25N5O4. The molecule has 9 nitrogen and oxygen atoms in total. The second kappa shape index (κ2) is 8.73. The van der Waals surface area contributed by atoms with E-state index in [1.54, 1.807) is 30.5 Å². The number of morpholine rings is 1. The van der Waals surface area contributed by atoms with E-state index in [0.717, 1.165) is 18.9 Å². The second-order valence-corrected chi connectivity index (χ2v) is 7.83. The number of benzene rings is 1. The molecule has 2 N–H and O–H groups in total. The Kier molecular flexibility index (Phi) is 5.85. The van der Waals surface area contributed by atoms with Crippen LogP contribution in [0.2, 0.25) is 0 Å². The van der Waals surface area contributed by atoms with E-state index in [0.29, 0.717) is 16.9 Å². The smallest absolute Gasteiger partial charge is 0.255 e. The van der Waals surface area contributed by atoms with Crippen molar-refractivity contribution in [1.29, 1.82) is 0 Å². The molecule has 4 rings (SSSR count). The van der Waals surface area contributed by atoms with Crippen LogP contribution >= 0.6 is 0 Å². The first kappa shape index (κ1) is 20.8. The van der Waals surface area contributed by atoms with Crippen molar-refractivity contribution in [2.24, 2.45) is 0 Å².